The van der Waals surface area contributed by atoms with Gasteiger partial charge in [0.05, 0.1) is 27.0 Å². The van der Waals surface area contributed by atoms with Crippen molar-refractivity contribution in [3.05, 3.63) is 120 Å². The van der Waals surface area contributed by atoms with Crippen LogP contribution in [0.25, 0.3) is 43.5 Å². The van der Waals surface area contributed by atoms with Gasteiger partial charge in [-0.25, -0.2) is 10.4 Å². The first-order valence-electron chi connectivity index (χ1n) is 11.6. The van der Waals surface area contributed by atoms with Gasteiger partial charge in [-0.1, -0.05) is 96.3 Å². The highest BCUT2D eigenvalue weighted by atomic mass is 32.1. The lowest BCUT2D eigenvalue weighted by molar-refractivity contribution is 0.0954. The molecule has 6 rings (SSSR count). The number of thiazole rings is 1. The summed E-state index contributed by atoms with van der Waals surface area (Å²) in [6.07, 6.45) is 0. The Labute approximate surface area is 212 Å². The molecular formula is C30H22N4OS. The zero-order valence-electron chi connectivity index (χ0n) is 19.6. The first-order chi connectivity index (χ1) is 17.7. The summed E-state index contributed by atoms with van der Waals surface area (Å²) in [6, 6.07) is 36.1. The van der Waals surface area contributed by atoms with Gasteiger partial charge in [0.1, 0.15) is 0 Å². The van der Waals surface area contributed by atoms with Gasteiger partial charge in [-0.3, -0.25) is 4.79 Å². The minimum absolute atomic E-state index is 0.270. The van der Waals surface area contributed by atoms with E-state index in [4.69, 9.17) is 4.98 Å². The van der Waals surface area contributed by atoms with E-state index in [9.17, 15) is 4.79 Å². The molecule has 2 aromatic heterocycles. The predicted octanol–water partition coefficient (Wildman–Crippen LogP) is 6.37. The van der Waals surface area contributed by atoms with Crippen LogP contribution < -0.4 is 10.2 Å². The topological polar surface area (TPSA) is 59.3 Å². The monoisotopic (exact) mass is 486 g/mol. The fourth-order valence-corrected chi connectivity index (χ4v) is 5.30. The van der Waals surface area contributed by atoms with E-state index in [1.165, 1.54) is 11.3 Å². The maximum atomic E-state index is 13.3. The molecule has 0 bridgehead atoms. The van der Waals surface area contributed by atoms with E-state index in [0.29, 0.717) is 5.56 Å². The lowest BCUT2D eigenvalue weighted by Crippen LogP contribution is -2.23. The van der Waals surface area contributed by atoms with Gasteiger partial charge >= 0.3 is 0 Å². The molecule has 0 saturated carbocycles. The SMILES string of the molecule is Cn1/c(=N\NC(=O)c2cc(-c3ccc(-c4ccccc4)cc3)nc3ccccc23)sc2ccccc21. The van der Waals surface area contributed by atoms with Crippen molar-refractivity contribution >= 4 is 38.4 Å². The molecule has 0 radical (unpaired) electrons. The number of carbonyl (C=O) groups is 1. The van der Waals surface area contributed by atoms with E-state index < -0.39 is 0 Å². The summed E-state index contributed by atoms with van der Waals surface area (Å²) in [5, 5.41) is 5.22. The standard InChI is InChI=1S/C30H22N4OS/c1-34-27-13-7-8-14-28(27)36-30(34)33-32-29(35)24-19-26(31-25-12-6-5-11-23(24)25)22-17-15-21(16-18-22)20-9-3-2-4-10-20/h2-19H,1H3,(H,32,35)/b33-30+. The Balaban J connectivity index is 1.37. The van der Waals surface area contributed by atoms with Gasteiger partial charge in [-0.2, -0.15) is 0 Å². The van der Waals surface area contributed by atoms with E-state index in [0.717, 1.165) is 48.3 Å². The number of carbonyl (C=O) groups excluding carboxylic acids is 1. The third-order valence-corrected chi connectivity index (χ3v) is 7.33. The number of para-hydroxylation sites is 2. The van der Waals surface area contributed by atoms with Crippen LogP contribution >= 0.6 is 11.3 Å². The molecule has 0 aliphatic rings. The number of hydrogen-bond acceptors (Lipinski definition) is 4. The van der Waals surface area contributed by atoms with Crippen LogP contribution in [0.5, 0.6) is 0 Å². The summed E-state index contributed by atoms with van der Waals surface area (Å²) in [5.41, 5.74) is 9.12. The third-order valence-electron chi connectivity index (χ3n) is 6.22. The zero-order valence-corrected chi connectivity index (χ0v) is 20.4. The van der Waals surface area contributed by atoms with Crippen molar-refractivity contribution < 1.29 is 4.79 Å². The minimum atomic E-state index is -0.270. The summed E-state index contributed by atoms with van der Waals surface area (Å²) in [7, 11) is 1.95. The molecule has 2 heterocycles. The normalized spacial score (nSPS) is 11.8. The van der Waals surface area contributed by atoms with Gasteiger partial charge in [0, 0.05) is 18.0 Å². The van der Waals surface area contributed by atoms with Gasteiger partial charge in [0.25, 0.3) is 5.91 Å². The van der Waals surface area contributed by atoms with Crippen molar-refractivity contribution in [1.82, 2.24) is 15.0 Å². The lowest BCUT2D eigenvalue weighted by Gasteiger charge is -2.10. The van der Waals surface area contributed by atoms with Crippen LogP contribution in [0.4, 0.5) is 0 Å². The average molecular weight is 487 g/mol. The second-order valence-corrected chi connectivity index (χ2v) is 9.49. The van der Waals surface area contributed by atoms with Gasteiger partial charge < -0.3 is 4.57 Å². The second-order valence-electron chi connectivity index (χ2n) is 8.48. The summed E-state index contributed by atoms with van der Waals surface area (Å²) < 4.78 is 3.09. The lowest BCUT2D eigenvalue weighted by atomic mass is 10.0. The summed E-state index contributed by atoms with van der Waals surface area (Å²) >= 11 is 1.53. The molecule has 1 amide bonds. The van der Waals surface area contributed by atoms with Gasteiger partial charge in [-0.15, -0.1) is 5.10 Å². The van der Waals surface area contributed by atoms with Crippen LogP contribution in [0.1, 0.15) is 10.4 Å². The van der Waals surface area contributed by atoms with Crippen LogP contribution in [-0.2, 0) is 7.05 Å². The van der Waals surface area contributed by atoms with Gasteiger partial charge in [-0.05, 0) is 35.4 Å². The number of aromatic nitrogens is 2. The number of rotatable bonds is 4. The maximum absolute atomic E-state index is 13.3. The quantitative estimate of drug-likeness (QED) is 0.295. The van der Waals surface area contributed by atoms with E-state index in [-0.39, 0.29) is 5.91 Å². The average Bonchev–Trinajstić information content (AvgIpc) is 3.27. The second kappa shape index (κ2) is 9.24. The summed E-state index contributed by atoms with van der Waals surface area (Å²) in [4.78, 5) is 18.9. The molecule has 36 heavy (non-hydrogen) atoms. The third kappa shape index (κ3) is 4.08. The number of nitrogens with zero attached hydrogens (tertiary/aromatic N) is 3. The molecule has 0 aliphatic carbocycles. The number of hydrogen-bond donors (Lipinski definition) is 1. The Hall–Kier alpha value is -4.55. The highest BCUT2D eigenvalue weighted by Gasteiger charge is 2.14. The Morgan fingerprint density at radius 2 is 1.47 bits per heavy atom. The van der Waals surface area contributed by atoms with Gasteiger partial charge in [0.15, 0.2) is 0 Å². The molecule has 4 aromatic carbocycles. The van der Waals surface area contributed by atoms with Crippen molar-refractivity contribution in [2.75, 3.05) is 0 Å². The molecule has 0 spiro atoms. The summed E-state index contributed by atoms with van der Waals surface area (Å²) in [6.45, 7) is 0. The van der Waals surface area contributed by atoms with Crippen molar-refractivity contribution in [3.8, 4) is 22.4 Å². The number of benzene rings is 4. The molecule has 6 aromatic rings. The van der Waals surface area contributed by atoms with Crippen molar-refractivity contribution in [2.45, 2.75) is 0 Å². The van der Waals surface area contributed by atoms with Crippen molar-refractivity contribution in [3.63, 3.8) is 0 Å². The van der Waals surface area contributed by atoms with Gasteiger partial charge in [0.2, 0.25) is 4.80 Å². The summed E-state index contributed by atoms with van der Waals surface area (Å²) in [5.74, 6) is -0.270. The molecule has 0 aliphatic heterocycles. The number of nitrogens with one attached hydrogen (secondary N) is 1. The Kier molecular flexibility index (Phi) is 5.64. The molecule has 5 nitrogen and oxygen atoms in total. The molecule has 0 saturated heterocycles. The Morgan fingerprint density at radius 1 is 0.806 bits per heavy atom. The molecule has 0 atom stereocenters. The highest BCUT2D eigenvalue weighted by molar-refractivity contribution is 7.16. The van der Waals surface area contributed by atoms with E-state index >= 15 is 0 Å². The highest BCUT2D eigenvalue weighted by Crippen LogP contribution is 2.27. The molecule has 6 heteroatoms. The first-order valence-corrected chi connectivity index (χ1v) is 12.4. The van der Waals surface area contributed by atoms with Crippen molar-refractivity contribution in [2.24, 2.45) is 12.1 Å². The molecular weight excluding hydrogens is 464 g/mol. The number of fused-ring (bicyclic) bond motifs is 2. The van der Waals surface area contributed by atoms with Crippen LogP contribution in [0.2, 0.25) is 0 Å². The Bertz CT molecular complexity index is 1780. The number of amides is 1. The maximum Gasteiger partial charge on any atom is 0.272 e. The fourth-order valence-electron chi connectivity index (χ4n) is 4.32. The van der Waals surface area contributed by atoms with Crippen LogP contribution in [-0.4, -0.2) is 15.5 Å². The molecule has 174 valence electrons. The molecule has 0 unspecified atom stereocenters. The Morgan fingerprint density at radius 3 is 2.28 bits per heavy atom. The number of aryl methyl sites for hydroxylation is 1. The van der Waals surface area contributed by atoms with Crippen molar-refractivity contribution in [1.29, 1.82) is 0 Å². The van der Waals surface area contributed by atoms with E-state index in [2.05, 4.69) is 34.8 Å². The fraction of sp³-hybridized carbons (Fsp3) is 0.0333. The smallest absolute Gasteiger partial charge is 0.272 e. The van der Waals surface area contributed by atoms with Crippen LogP contribution in [0.3, 0.4) is 0 Å². The van der Waals surface area contributed by atoms with Crippen LogP contribution in [0.15, 0.2) is 114 Å². The zero-order chi connectivity index (χ0) is 24.5. The van der Waals surface area contributed by atoms with Crippen LogP contribution in [0, 0.1) is 0 Å². The van der Waals surface area contributed by atoms with E-state index in [1.807, 2.05) is 96.5 Å². The predicted molar refractivity (Wildman–Crippen MR) is 146 cm³/mol. The minimum Gasteiger partial charge on any atom is -0.318 e. The number of pyridine rings is 1. The van der Waals surface area contributed by atoms with E-state index in [1.54, 1.807) is 0 Å². The molecule has 1 N–H and O–H groups in total. The molecule has 0 fully saturated rings. The first kappa shape index (κ1) is 21.9. The largest absolute Gasteiger partial charge is 0.318 e.